The van der Waals surface area contributed by atoms with Crippen molar-refractivity contribution < 1.29 is 42.8 Å². The molecule has 0 aliphatic carbocycles. The lowest BCUT2D eigenvalue weighted by Crippen LogP contribution is -2.24. The third kappa shape index (κ3) is 8.12. The summed E-state index contributed by atoms with van der Waals surface area (Å²) in [7, 11) is -6.22. The average molecular weight is 607 g/mol. The summed E-state index contributed by atoms with van der Waals surface area (Å²) >= 11 is -3.91. The molecule has 2 aromatic carbocycles. The molecule has 2 aliphatic heterocycles. The monoisotopic (exact) mass is 606 g/mol. The van der Waals surface area contributed by atoms with Crippen LogP contribution in [0.2, 0.25) is 0 Å². The van der Waals surface area contributed by atoms with Gasteiger partial charge < -0.3 is 9.11 Å². The first-order valence-electron chi connectivity index (χ1n) is 10.5. The topological polar surface area (TPSA) is 202 Å². The Bertz CT molecular complexity index is 1520. The lowest BCUT2D eigenvalue weighted by atomic mass is 9.82. The van der Waals surface area contributed by atoms with E-state index < -0.39 is 43.4 Å². The van der Waals surface area contributed by atoms with Crippen LogP contribution in [-0.4, -0.2) is 54.2 Å². The summed E-state index contributed by atoms with van der Waals surface area (Å²) in [5.41, 5.74) is 4.97. The highest BCUT2D eigenvalue weighted by molar-refractivity contribution is 7.79. The molecule has 0 spiro atoms. The van der Waals surface area contributed by atoms with Crippen LogP contribution in [0, 0.1) is 0 Å². The minimum absolute atomic E-state index is 0.134. The third-order valence-electron chi connectivity index (χ3n) is 6.05. The van der Waals surface area contributed by atoms with E-state index in [1.165, 1.54) is 0 Å². The number of fused-ring (bicyclic) bond motifs is 2. The Balaban J connectivity index is 0.000000298. The summed E-state index contributed by atoms with van der Waals surface area (Å²) in [4.78, 5) is 9.68. The Hall–Kier alpha value is -2.76. The molecule has 0 saturated carbocycles. The van der Waals surface area contributed by atoms with E-state index in [1.54, 1.807) is 24.3 Å². The molecule has 0 bridgehead atoms. The number of hydrogen-bond donors (Lipinski definition) is 2. The van der Waals surface area contributed by atoms with Gasteiger partial charge in [-0.05, 0) is 37.6 Å². The maximum Gasteiger partial charge on any atom is 0.425 e. The molecule has 0 radical (unpaired) electrons. The highest BCUT2D eigenvalue weighted by atomic mass is 32.2. The minimum atomic E-state index is -3.11. The Kier molecular flexibility index (Phi) is 11.7. The van der Waals surface area contributed by atoms with Gasteiger partial charge in [0.15, 0.2) is 22.2 Å². The van der Waals surface area contributed by atoms with Crippen LogP contribution in [-0.2, 0) is 54.2 Å². The molecule has 38 heavy (non-hydrogen) atoms. The number of nitrogens with zero attached hydrogens (tertiary/aromatic N) is 2. The van der Waals surface area contributed by atoms with Gasteiger partial charge in [0.05, 0.1) is 21.2 Å². The van der Waals surface area contributed by atoms with Crippen molar-refractivity contribution in [3.8, 4) is 0 Å². The number of aliphatic imine (C=N–C) groups is 2. The SMILES string of the molecule is CC1=Nc2c(S(=O)O)cccc2C1(C)C.CC1=Nc2cccc(S(=O)O)c2C1(C)C.O=S(=O)=O.O=S(=O)=O. The predicted octanol–water partition coefficient (Wildman–Crippen LogP) is 3.29. The van der Waals surface area contributed by atoms with Gasteiger partial charge in [-0.2, -0.15) is 0 Å². The van der Waals surface area contributed by atoms with Crippen molar-refractivity contribution in [1.82, 2.24) is 0 Å². The summed E-state index contributed by atoms with van der Waals surface area (Å²) in [6.07, 6.45) is 0. The second-order valence-electron chi connectivity index (χ2n) is 8.85. The zero-order chi connectivity index (χ0) is 29.6. The quantitative estimate of drug-likeness (QED) is 0.478. The first-order chi connectivity index (χ1) is 17.3. The fourth-order valence-corrected chi connectivity index (χ4v) is 4.92. The molecule has 2 N–H and O–H groups in total. The van der Waals surface area contributed by atoms with E-state index in [-0.39, 0.29) is 10.8 Å². The summed E-state index contributed by atoms with van der Waals surface area (Å²) in [6.45, 7) is 12.1. The van der Waals surface area contributed by atoms with Gasteiger partial charge in [-0.25, -0.2) is 8.42 Å². The second kappa shape index (κ2) is 13.3. The van der Waals surface area contributed by atoms with Gasteiger partial charge in [0.1, 0.15) is 0 Å². The van der Waals surface area contributed by atoms with E-state index in [4.69, 9.17) is 29.8 Å². The van der Waals surface area contributed by atoms with E-state index in [2.05, 4.69) is 23.8 Å². The molecule has 0 saturated heterocycles. The standard InChI is InChI=1S/2C11H13NO2S.2O3S/c1-7-11(2,3)10-8(12-7)5-4-6-9(10)15(13)14;1-7-11(2,3)8-5-4-6-9(15(13)14)10(8)12-7;2*1-4(2)3/h2*4-6H,1-3H3,(H,13,14);;. The Labute approximate surface area is 228 Å². The van der Waals surface area contributed by atoms with Crippen LogP contribution < -0.4 is 0 Å². The van der Waals surface area contributed by atoms with E-state index >= 15 is 0 Å². The number of benzene rings is 2. The average Bonchev–Trinajstić information content (AvgIpc) is 3.15. The highest BCUT2D eigenvalue weighted by Gasteiger charge is 2.36. The van der Waals surface area contributed by atoms with Crippen LogP contribution in [0.25, 0.3) is 0 Å². The van der Waals surface area contributed by atoms with Crippen LogP contribution in [0.3, 0.4) is 0 Å². The van der Waals surface area contributed by atoms with Gasteiger partial charge in [-0.3, -0.25) is 9.98 Å². The maximum atomic E-state index is 11.2. The Morgan fingerprint density at radius 2 is 1.05 bits per heavy atom. The van der Waals surface area contributed by atoms with Crippen LogP contribution in [0.5, 0.6) is 0 Å². The fraction of sp³-hybridized carbons (Fsp3) is 0.364. The molecule has 16 heteroatoms. The predicted molar refractivity (Wildman–Crippen MR) is 142 cm³/mol. The van der Waals surface area contributed by atoms with Crippen molar-refractivity contribution in [3.05, 3.63) is 47.5 Å². The molecule has 2 unspecified atom stereocenters. The molecule has 0 fully saturated rings. The van der Waals surface area contributed by atoms with Crippen LogP contribution in [0.4, 0.5) is 11.4 Å². The molecule has 0 amide bonds. The molecule has 4 rings (SSSR count). The molecule has 2 heterocycles. The third-order valence-corrected chi connectivity index (χ3v) is 7.48. The van der Waals surface area contributed by atoms with E-state index in [1.807, 2.05) is 39.8 Å². The lowest BCUT2D eigenvalue weighted by molar-refractivity contribution is 0.557. The molecule has 2 aliphatic rings. The minimum Gasteiger partial charge on any atom is -0.302 e. The molecule has 2 aromatic rings. The van der Waals surface area contributed by atoms with E-state index in [0.29, 0.717) is 15.5 Å². The van der Waals surface area contributed by atoms with Gasteiger partial charge in [0.25, 0.3) is 0 Å². The first kappa shape index (κ1) is 33.3. The van der Waals surface area contributed by atoms with Gasteiger partial charge in [0.2, 0.25) is 0 Å². The van der Waals surface area contributed by atoms with E-state index in [0.717, 1.165) is 28.2 Å². The van der Waals surface area contributed by atoms with Crippen molar-refractivity contribution in [3.63, 3.8) is 0 Å². The van der Waals surface area contributed by atoms with Crippen molar-refractivity contribution in [1.29, 1.82) is 0 Å². The first-order valence-corrected chi connectivity index (χ1v) is 14.7. The number of hydrogen-bond acceptors (Lipinski definition) is 10. The fourth-order valence-electron chi connectivity index (χ4n) is 3.67. The summed E-state index contributed by atoms with van der Waals surface area (Å²) < 4.78 is 91.4. The zero-order valence-corrected chi connectivity index (χ0v) is 24.4. The summed E-state index contributed by atoms with van der Waals surface area (Å²) in [5, 5.41) is 0. The van der Waals surface area contributed by atoms with Crippen LogP contribution in [0.1, 0.15) is 52.7 Å². The number of para-hydroxylation sites is 1. The molecule has 208 valence electrons. The molecule has 0 aromatic heterocycles. The summed E-state index contributed by atoms with van der Waals surface area (Å²) in [5.74, 6) is 0. The summed E-state index contributed by atoms with van der Waals surface area (Å²) in [6, 6.07) is 10.7. The molecule has 12 nitrogen and oxygen atoms in total. The van der Waals surface area contributed by atoms with Crippen molar-refractivity contribution in [2.24, 2.45) is 9.98 Å². The van der Waals surface area contributed by atoms with Gasteiger partial charge in [-0.15, -0.1) is 25.3 Å². The largest absolute Gasteiger partial charge is 0.425 e. The van der Waals surface area contributed by atoms with Gasteiger partial charge in [-0.1, -0.05) is 45.9 Å². The molecular formula is C22H26N2O10S4. The Morgan fingerprint density at radius 3 is 1.53 bits per heavy atom. The van der Waals surface area contributed by atoms with Gasteiger partial charge >= 0.3 is 21.2 Å². The number of rotatable bonds is 2. The lowest BCUT2D eigenvalue weighted by Gasteiger charge is -2.21. The maximum absolute atomic E-state index is 11.2. The normalized spacial score (nSPS) is 16.7. The Morgan fingerprint density at radius 1 is 0.632 bits per heavy atom. The van der Waals surface area contributed by atoms with Crippen molar-refractivity contribution in [2.75, 3.05) is 0 Å². The second-order valence-corrected chi connectivity index (χ2v) is 11.5. The van der Waals surface area contributed by atoms with Crippen LogP contribution >= 0.6 is 0 Å². The van der Waals surface area contributed by atoms with Crippen molar-refractivity contribution in [2.45, 2.75) is 62.2 Å². The highest BCUT2D eigenvalue weighted by Crippen LogP contribution is 2.43. The van der Waals surface area contributed by atoms with E-state index in [9.17, 15) is 13.0 Å². The smallest absolute Gasteiger partial charge is 0.302 e. The molecular weight excluding hydrogens is 581 g/mol. The zero-order valence-electron chi connectivity index (χ0n) is 21.2. The van der Waals surface area contributed by atoms with Crippen molar-refractivity contribution >= 4 is 66.2 Å². The van der Waals surface area contributed by atoms with Gasteiger partial charge in [0, 0.05) is 27.8 Å². The molecule has 2 atom stereocenters. The van der Waals surface area contributed by atoms with Crippen LogP contribution in [0.15, 0.2) is 56.2 Å².